The Morgan fingerprint density at radius 3 is 2.52 bits per heavy atom. The molecule has 1 aromatic carbocycles. The molecule has 120 valence electrons. The molecule has 1 N–H and O–H groups in total. The summed E-state index contributed by atoms with van der Waals surface area (Å²) in [5, 5.41) is 3.00. The van der Waals surface area contributed by atoms with Gasteiger partial charge < -0.3 is 9.88 Å². The van der Waals surface area contributed by atoms with Crippen LogP contribution in [0.1, 0.15) is 40.3 Å². The molecule has 0 saturated heterocycles. The molecule has 0 saturated carbocycles. The molecule has 3 nitrogen and oxygen atoms in total. The fourth-order valence-electron chi connectivity index (χ4n) is 2.74. The summed E-state index contributed by atoms with van der Waals surface area (Å²) in [5.74, 6) is -0.00633. The van der Waals surface area contributed by atoms with Gasteiger partial charge in [-0.1, -0.05) is 29.8 Å². The molecule has 0 spiro atoms. The highest BCUT2D eigenvalue weighted by atomic mass is 32.1. The van der Waals surface area contributed by atoms with Crippen molar-refractivity contribution in [2.45, 2.75) is 40.3 Å². The summed E-state index contributed by atoms with van der Waals surface area (Å²) in [4.78, 5) is 13.8. The van der Waals surface area contributed by atoms with Gasteiger partial charge in [0.15, 0.2) is 0 Å². The SMILES string of the molecule is Cc1ccc(Cn2c(C(=O)NC(C)C)cc3sc(C)cc32)cc1. The van der Waals surface area contributed by atoms with Crippen molar-refractivity contribution in [2.24, 2.45) is 0 Å². The quantitative estimate of drug-likeness (QED) is 0.752. The minimum atomic E-state index is -0.00633. The van der Waals surface area contributed by atoms with Crippen LogP contribution in [0.4, 0.5) is 0 Å². The highest BCUT2D eigenvalue weighted by Gasteiger charge is 2.18. The molecule has 2 heterocycles. The Hall–Kier alpha value is -2.07. The van der Waals surface area contributed by atoms with Gasteiger partial charge in [0.05, 0.1) is 10.2 Å². The van der Waals surface area contributed by atoms with Gasteiger partial charge in [0.2, 0.25) is 0 Å². The largest absolute Gasteiger partial charge is 0.349 e. The second-order valence-electron chi connectivity index (χ2n) is 6.34. The predicted octanol–water partition coefficient (Wildman–Crippen LogP) is 4.51. The van der Waals surface area contributed by atoms with E-state index in [0.29, 0.717) is 6.54 Å². The fourth-order valence-corrected chi connectivity index (χ4v) is 3.70. The molecule has 23 heavy (non-hydrogen) atoms. The Balaban J connectivity index is 2.04. The molecular formula is C19H22N2OS. The Bertz CT molecular complexity index is 840. The van der Waals surface area contributed by atoms with E-state index >= 15 is 0 Å². The van der Waals surface area contributed by atoms with Crippen LogP contribution in [0.5, 0.6) is 0 Å². The van der Waals surface area contributed by atoms with E-state index in [4.69, 9.17) is 0 Å². The number of fused-ring (bicyclic) bond motifs is 1. The number of rotatable bonds is 4. The van der Waals surface area contributed by atoms with Crippen molar-refractivity contribution in [3.05, 3.63) is 58.1 Å². The van der Waals surface area contributed by atoms with E-state index in [1.807, 2.05) is 19.9 Å². The van der Waals surface area contributed by atoms with E-state index in [0.717, 1.165) is 11.2 Å². The van der Waals surface area contributed by atoms with Gasteiger partial charge in [0.25, 0.3) is 5.91 Å². The van der Waals surface area contributed by atoms with Crippen molar-refractivity contribution in [3.63, 3.8) is 0 Å². The fraction of sp³-hybridized carbons (Fsp3) is 0.316. The molecule has 0 radical (unpaired) electrons. The van der Waals surface area contributed by atoms with Crippen molar-refractivity contribution in [3.8, 4) is 0 Å². The summed E-state index contributed by atoms with van der Waals surface area (Å²) in [7, 11) is 0. The summed E-state index contributed by atoms with van der Waals surface area (Å²) in [6, 6.07) is 12.8. The zero-order chi connectivity index (χ0) is 16.6. The molecule has 0 aliphatic carbocycles. The first-order valence-electron chi connectivity index (χ1n) is 7.90. The number of aryl methyl sites for hydroxylation is 2. The lowest BCUT2D eigenvalue weighted by atomic mass is 10.1. The topological polar surface area (TPSA) is 34.0 Å². The lowest BCUT2D eigenvalue weighted by Crippen LogP contribution is -2.31. The van der Waals surface area contributed by atoms with Crippen LogP contribution < -0.4 is 5.32 Å². The van der Waals surface area contributed by atoms with Crippen molar-refractivity contribution in [2.75, 3.05) is 0 Å². The molecule has 3 aromatic rings. The van der Waals surface area contributed by atoms with E-state index in [2.05, 4.69) is 54.1 Å². The van der Waals surface area contributed by atoms with Gasteiger partial charge in [-0.2, -0.15) is 0 Å². The molecular weight excluding hydrogens is 304 g/mol. The van der Waals surface area contributed by atoms with Crippen molar-refractivity contribution in [1.82, 2.24) is 9.88 Å². The number of hydrogen-bond donors (Lipinski definition) is 1. The van der Waals surface area contributed by atoms with Gasteiger partial charge in [-0.25, -0.2) is 0 Å². The number of thiophene rings is 1. The van der Waals surface area contributed by atoms with E-state index < -0.39 is 0 Å². The molecule has 1 amide bonds. The molecule has 0 aliphatic rings. The first-order valence-corrected chi connectivity index (χ1v) is 8.72. The summed E-state index contributed by atoms with van der Waals surface area (Å²) < 4.78 is 3.30. The monoisotopic (exact) mass is 326 g/mol. The minimum absolute atomic E-state index is 0.00633. The smallest absolute Gasteiger partial charge is 0.268 e. The summed E-state index contributed by atoms with van der Waals surface area (Å²) >= 11 is 1.74. The Morgan fingerprint density at radius 2 is 1.87 bits per heavy atom. The second-order valence-corrected chi connectivity index (χ2v) is 7.62. The molecule has 0 aliphatic heterocycles. The lowest BCUT2D eigenvalue weighted by molar-refractivity contribution is 0.0934. The number of carbonyl (C=O) groups is 1. The zero-order valence-electron chi connectivity index (χ0n) is 14.0. The van der Waals surface area contributed by atoms with Gasteiger partial charge in [-0.15, -0.1) is 11.3 Å². The Labute approximate surface area is 140 Å². The molecule has 0 unspecified atom stereocenters. The third-order valence-electron chi connectivity index (χ3n) is 3.83. The Morgan fingerprint density at radius 1 is 1.17 bits per heavy atom. The molecule has 0 atom stereocenters. The van der Waals surface area contributed by atoms with Crippen LogP contribution in [-0.2, 0) is 6.54 Å². The predicted molar refractivity (Wildman–Crippen MR) is 97.4 cm³/mol. The molecule has 4 heteroatoms. The van der Waals surface area contributed by atoms with Crippen LogP contribution in [0.15, 0.2) is 36.4 Å². The number of nitrogens with zero attached hydrogens (tertiary/aromatic N) is 1. The maximum Gasteiger partial charge on any atom is 0.268 e. The van der Waals surface area contributed by atoms with Gasteiger partial charge >= 0.3 is 0 Å². The summed E-state index contributed by atoms with van der Waals surface area (Å²) in [5.41, 5.74) is 4.33. The Kier molecular flexibility index (Phi) is 4.26. The van der Waals surface area contributed by atoms with E-state index in [-0.39, 0.29) is 11.9 Å². The van der Waals surface area contributed by atoms with E-state index in [1.54, 1.807) is 11.3 Å². The van der Waals surface area contributed by atoms with Gasteiger partial charge in [-0.3, -0.25) is 4.79 Å². The third-order valence-corrected chi connectivity index (χ3v) is 4.81. The second kappa shape index (κ2) is 6.20. The lowest BCUT2D eigenvalue weighted by Gasteiger charge is -2.13. The molecule has 0 bridgehead atoms. The first-order chi connectivity index (χ1) is 10.9. The van der Waals surface area contributed by atoms with Crippen molar-refractivity contribution >= 4 is 27.5 Å². The van der Waals surface area contributed by atoms with Crippen LogP contribution >= 0.6 is 11.3 Å². The normalized spacial score (nSPS) is 11.3. The number of nitrogens with one attached hydrogen (secondary N) is 1. The van der Waals surface area contributed by atoms with Crippen LogP contribution in [0.2, 0.25) is 0 Å². The summed E-state index contributed by atoms with van der Waals surface area (Å²) in [6.07, 6.45) is 0. The van der Waals surface area contributed by atoms with Crippen LogP contribution in [-0.4, -0.2) is 16.5 Å². The molecule has 0 fully saturated rings. The maximum absolute atomic E-state index is 12.5. The first kappa shape index (κ1) is 15.8. The minimum Gasteiger partial charge on any atom is -0.349 e. The number of hydrogen-bond acceptors (Lipinski definition) is 2. The van der Waals surface area contributed by atoms with Crippen molar-refractivity contribution < 1.29 is 4.79 Å². The molecule has 2 aromatic heterocycles. The zero-order valence-corrected chi connectivity index (χ0v) is 14.8. The van der Waals surface area contributed by atoms with Crippen LogP contribution in [0.3, 0.4) is 0 Å². The number of benzene rings is 1. The molecule has 3 rings (SSSR count). The average Bonchev–Trinajstić information content (AvgIpc) is 2.98. The number of aromatic nitrogens is 1. The number of amides is 1. The van der Waals surface area contributed by atoms with Crippen LogP contribution in [0, 0.1) is 13.8 Å². The number of carbonyl (C=O) groups excluding carboxylic acids is 1. The van der Waals surface area contributed by atoms with E-state index in [9.17, 15) is 4.79 Å². The third kappa shape index (κ3) is 3.32. The average molecular weight is 326 g/mol. The van der Waals surface area contributed by atoms with Gasteiger partial charge in [0, 0.05) is 17.5 Å². The standard InChI is InChI=1S/C19H22N2OS/c1-12(2)20-19(22)17-10-18-16(9-14(4)23-18)21(17)11-15-7-5-13(3)6-8-15/h5-10,12H,11H2,1-4H3,(H,20,22). The van der Waals surface area contributed by atoms with Crippen LogP contribution in [0.25, 0.3) is 10.2 Å². The maximum atomic E-state index is 12.5. The highest BCUT2D eigenvalue weighted by Crippen LogP contribution is 2.29. The highest BCUT2D eigenvalue weighted by molar-refractivity contribution is 7.19. The van der Waals surface area contributed by atoms with E-state index in [1.165, 1.54) is 20.7 Å². The van der Waals surface area contributed by atoms with Crippen molar-refractivity contribution in [1.29, 1.82) is 0 Å². The van der Waals surface area contributed by atoms with Gasteiger partial charge in [0.1, 0.15) is 5.69 Å². The summed E-state index contributed by atoms with van der Waals surface area (Å²) in [6.45, 7) is 8.87. The van der Waals surface area contributed by atoms with Gasteiger partial charge in [-0.05, 0) is 45.4 Å².